The molecule has 0 spiro atoms. The number of allylic oxidation sites excluding steroid dienone is 1. The quantitative estimate of drug-likeness (QED) is 0.846. The van der Waals surface area contributed by atoms with Crippen LogP contribution < -0.4 is 15.8 Å². The van der Waals surface area contributed by atoms with Crippen LogP contribution in [0.25, 0.3) is 0 Å². The van der Waals surface area contributed by atoms with E-state index in [1.807, 2.05) is 0 Å². The van der Waals surface area contributed by atoms with Gasteiger partial charge in [0, 0.05) is 19.1 Å². The molecule has 0 radical (unpaired) electrons. The fourth-order valence-electron chi connectivity index (χ4n) is 3.17. The zero-order valence-electron chi connectivity index (χ0n) is 11.4. The Hall–Kier alpha value is -1.14. The summed E-state index contributed by atoms with van der Waals surface area (Å²) in [6.07, 6.45) is 5.98. The van der Waals surface area contributed by atoms with E-state index in [9.17, 15) is 4.79 Å². The van der Waals surface area contributed by atoms with Crippen LogP contribution in [0.5, 0.6) is 0 Å². The van der Waals surface area contributed by atoms with E-state index in [2.05, 4.69) is 37.8 Å². The van der Waals surface area contributed by atoms with Crippen LogP contribution in [0.4, 0.5) is 5.69 Å². The van der Waals surface area contributed by atoms with Crippen molar-refractivity contribution >= 4 is 21.6 Å². The zero-order chi connectivity index (χ0) is 14.1. The van der Waals surface area contributed by atoms with Gasteiger partial charge < -0.3 is 10.2 Å². The molecular weight excluding hydrogens is 320 g/mol. The van der Waals surface area contributed by atoms with Crippen LogP contribution in [0.3, 0.4) is 0 Å². The van der Waals surface area contributed by atoms with Crippen molar-refractivity contribution in [2.24, 2.45) is 5.92 Å². The average Bonchev–Trinajstić information content (AvgIpc) is 2.88. The SMILES string of the molecule is C=CCn1ncc(N2CC3CCCNC3C2)c(Br)c1=O. The standard InChI is InChI=1S/C14H19BrN4O/c1-2-6-19-14(20)13(15)12(7-17-19)18-8-10-4-3-5-16-11(10)9-18/h2,7,10-11,16H,1,3-6,8-9H2. The second-order valence-corrected chi connectivity index (χ2v) is 6.28. The highest BCUT2D eigenvalue weighted by Gasteiger charge is 2.35. The van der Waals surface area contributed by atoms with Gasteiger partial charge in [-0.25, -0.2) is 4.68 Å². The van der Waals surface area contributed by atoms with Crippen molar-refractivity contribution in [2.75, 3.05) is 24.5 Å². The first kappa shape index (κ1) is 13.8. The van der Waals surface area contributed by atoms with Crippen molar-refractivity contribution in [3.05, 3.63) is 33.7 Å². The molecular formula is C14H19BrN4O. The molecule has 2 unspecified atom stereocenters. The summed E-state index contributed by atoms with van der Waals surface area (Å²) in [5.74, 6) is 0.686. The lowest BCUT2D eigenvalue weighted by Crippen LogP contribution is -2.40. The third-order valence-electron chi connectivity index (χ3n) is 4.21. The molecule has 0 aliphatic carbocycles. The first-order valence-electron chi connectivity index (χ1n) is 7.05. The van der Waals surface area contributed by atoms with Crippen molar-refractivity contribution in [3.63, 3.8) is 0 Å². The molecule has 0 aromatic carbocycles. The van der Waals surface area contributed by atoms with Gasteiger partial charge in [0.2, 0.25) is 0 Å². The van der Waals surface area contributed by atoms with Crippen molar-refractivity contribution in [1.82, 2.24) is 15.1 Å². The minimum Gasteiger partial charge on any atom is -0.367 e. The van der Waals surface area contributed by atoms with Crippen molar-refractivity contribution < 1.29 is 0 Å². The van der Waals surface area contributed by atoms with E-state index in [1.54, 1.807) is 12.3 Å². The maximum Gasteiger partial charge on any atom is 0.283 e. The Morgan fingerprint density at radius 1 is 1.55 bits per heavy atom. The molecule has 3 heterocycles. The van der Waals surface area contributed by atoms with Crippen LogP contribution >= 0.6 is 15.9 Å². The molecule has 2 saturated heterocycles. The molecule has 20 heavy (non-hydrogen) atoms. The second kappa shape index (κ2) is 5.69. The monoisotopic (exact) mass is 338 g/mol. The predicted molar refractivity (Wildman–Crippen MR) is 83.1 cm³/mol. The third kappa shape index (κ3) is 2.42. The van der Waals surface area contributed by atoms with E-state index in [0.717, 1.165) is 25.3 Å². The molecule has 1 aromatic rings. The van der Waals surface area contributed by atoms with Crippen molar-refractivity contribution in [2.45, 2.75) is 25.4 Å². The number of aromatic nitrogens is 2. The van der Waals surface area contributed by atoms with Gasteiger partial charge in [0.05, 0.1) is 18.4 Å². The van der Waals surface area contributed by atoms with Crippen molar-refractivity contribution in [3.8, 4) is 0 Å². The summed E-state index contributed by atoms with van der Waals surface area (Å²) >= 11 is 3.44. The normalized spacial score (nSPS) is 25.6. The molecule has 0 bridgehead atoms. The second-order valence-electron chi connectivity index (χ2n) is 5.49. The Balaban J connectivity index is 1.86. The minimum absolute atomic E-state index is 0.0924. The lowest BCUT2D eigenvalue weighted by Gasteiger charge is -2.24. The van der Waals surface area contributed by atoms with Gasteiger partial charge >= 0.3 is 0 Å². The molecule has 108 valence electrons. The summed E-state index contributed by atoms with van der Waals surface area (Å²) in [6, 6.07) is 0.547. The Bertz CT molecular complexity index is 557. The van der Waals surface area contributed by atoms with E-state index in [0.29, 0.717) is 23.0 Å². The highest BCUT2D eigenvalue weighted by molar-refractivity contribution is 9.10. The molecule has 0 saturated carbocycles. The van der Waals surface area contributed by atoms with Gasteiger partial charge in [-0.3, -0.25) is 4.79 Å². The highest BCUT2D eigenvalue weighted by Crippen LogP contribution is 2.31. The lowest BCUT2D eigenvalue weighted by molar-refractivity contribution is 0.340. The maximum absolute atomic E-state index is 12.2. The summed E-state index contributed by atoms with van der Waals surface area (Å²) in [5.41, 5.74) is 0.816. The van der Waals surface area contributed by atoms with Crippen LogP contribution in [-0.4, -0.2) is 35.5 Å². The molecule has 2 fully saturated rings. The summed E-state index contributed by atoms with van der Waals surface area (Å²) in [4.78, 5) is 14.5. The third-order valence-corrected chi connectivity index (χ3v) is 4.95. The van der Waals surface area contributed by atoms with Gasteiger partial charge in [0.1, 0.15) is 4.47 Å². The van der Waals surface area contributed by atoms with Gasteiger partial charge in [0.15, 0.2) is 0 Å². The number of hydrogen-bond acceptors (Lipinski definition) is 4. The van der Waals surface area contributed by atoms with E-state index >= 15 is 0 Å². The first-order valence-corrected chi connectivity index (χ1v) is 7.85. The summed E-state index contributed by atoms with van der Waals surface area (Å²) in [7, 11) is 0. The van der Waals surface area contributed by atoms with E-state index in [-0.39, 0.29) is 5.56 Å². The molecule has 1 aromatic heterocycles. The molecule has 0 amide bonds. The van der Waals surface area contributed by atoms with E-state index in [1.165, 1.54) is 17.5 Å². The smallest absolute Gasteiger partial charge is 0.283 e. The molecule has 2 aliphatic heterocycles. The van der Waals surface area contributed by atoms with Crippen LogP contribution in [0, 0.1) is 5.92 Å². The van der Waals surface area contributed by atoms with Crippen LogP contribution in [0.15, 0.2) is 28.1 Å². The Morgan fingerprint density at radius 3 is 3.15 bits per heavy atom. The molecule has 6 heteroatoms. The minimum atomic E-state index is -0.0924. The number of nitrogens with zero attached hydrogens (tertiary/aromatic N) is 3. The number of hydrogen-bond donors (Lipinski definition) is 1. The van der Waals surface area contributed by atoms with E-state index in [4.69, 9.17) is 0 Å². The van der Waals surface area contributed by atoms with Gasteiger partial charge in [0.25, 0.3) is 5.56 Å². The number of anilines is 1. The summed E-state index contributed by atoms with van der Waals surface area (Å²) in [6.45, 7) is 7.14. The summed E-state index contributed by atoms with van der Waals surface area (Å²) < 4.78 is 2.02. The first-order chi connectivity index (χ1) is 9.70. The van der Waals surface area contributed by atoms with Gasteiger partial charge in [-0.15, -0.1) is 6.58 Å². The topological polar surface area (TPSA) is 50.2 Å². The number of halogens is 1. The van der Waals surface area contributed by atoms with Crippen LogP contribution in [0.1, 0.15) is 12.8 Å². The van der Waals surface area contributed by atoms with E-state index < -0.39 is 0 Å². The number of fused-ring (bicyclic) bond motifs is 1. The molecule has 3 rings (SSSR count). The van der Waals surface area contributed by atoms with Gasteiger partial charge in [-0.2, -0.15) is 5.10 Å². The molecule has 5 nitrogen and oxygen atoms in total. The maximum atomic E-state index is 12.2. The largest absolute Gasteiger partial charge is 0.367 e. The van der Waals surface area contributed by atoms with Crippen molar-refractivity contribution in [1.29, 1.82) is 0 Å². The molecule has 2 atom stereocenters. The van der Waals surface area contributed by atoms with Crippen LogP contribution in [0.2, 0.25) is 0 Å². The Kier molecular flexibility index (Phi) is 3.94. The van der Waals surface area contributed by atoms with Crippen LogP contribution in [-0.2, 0) is 6.54 Å². The highest BCUT2D eigenvalue weighted by atomic mass is 79.9. The number of piperidine rings is 1. The Morgan fingerprint density at radius 2 is 2.40 bits per heavy atom. The predicted octanol–water partition coefficient (Wildman–Crippen LogP) is 1.38. The van der Waals surface area contributed by atoms with Gasteiger partial charge in [-0.05, 0) is 41.2 Å². The fraction of sp³-hybridized carbons (Fsp3) is 0.571. The molecule has 2 aliphatic rings. The number of nitrogens with one attached hydrogen (secondary N) is 1. The molecule has 1 N–H and O–H groups in total. The Labute approximate surface area is 126 Å². The summed E-state index contributed by atoms with van der Waals surface area (Å²) in [5, 5.41) is 7.80. The zero-order valence-corrected chi connectivity index (χ0v) is 13.0. The lowest BCUT2D eigenvalue weighted by atomic mass is 9.94. The fourth-order valence-corrected chi connectivity index (χ4v) is 3.73. The van der Waals surface area contributed by atoms with Gasteiger partial charge in [-0.1, -0.05) is 6.08 Å². The average molecular weight is 339 g/mol. The number of rotatable bonds is 3.